The SMILES string of the molecule is Cc1c(Nc2nc3ccccc3s2)nnc2c1CCCN2c1ccc(-c2cnn(CC34C[C@@]5(C)C[C@@](C)(C3)C[C@@](OCCNCC[C@H]3COC(C)(C)O3)(C4)C5)c2C)c(C(=O)O)n1. The van der Waals surface area contributed by atoms with E-state index in [9.17, 15) is 9.90 Å². The molecular weight excluding hydrogens is 803 g/mol. The molecule has 2 aliphatic heterocycles. The number of aromatic nitrogens is 6. The predicted octanol–water partition coefficient (Wildman–Crippen LogP) is 8.75. The number of pyridine rings is 1. The molecule has 1 saturated heterocycles. The van der Waals surface area contributed by atoms with Gasteiger partial charge in [0.1, 0.15) is 5.82 Å². The van der Waals surface area contributed by atoms with Gasteiger partial charge in [0.05, 0.1) is 41.3 Å². The number of hydrogen-bond donors (Lipinski definition) is 3. The van der Waals surface area contributed by atoms with E-state index in [1.807, 2.05) is 62.2 Å². The van der Waals surface area contributed by atoms with E-state index in [0.717, 1.165) is 109 Å². The molecule has 1 aromatic carbocycles. The molecule has 0 spiro atoms. The van der Waals surface area contributed by atoms with Crippen LogP contribution in [0, 0.1) is 30.1 Å². The number of carbonyl (C=O) groups is 1. The number of carboxylic acids is 1. The van der Waals surface area contributed by atoms with E-state index in [-0.39, 0.29) is 33.6 Å². The van der Waals surface area contributed by atoms with Gasteiger partial charge in [0.2, 0.25) is 0 Å². The van der Waals surface area contributed by atoms with Crippen LogP contribution >= 0.6 is 11.3 Å². The van der Waals surface area contributed by atoms with Gasteiger partial charge in [-0.05, 0) is 133 Å². The highest BCUT2D eigenvalue weighted by Gasteiger charge is 2.66. The number of carboxylic acid groups (broad SMARTS) is 1. The van der Waals surface area contributed by atoms with E-state index in [2.05, 4.69) is 52.4 Å². The lowest BCUT2D eigenvalue weighted by Gasteiger charge is -2.69. The van der Waals surface area contributed by atoms with E-state index < -0.39 is 11.8 Å². The average molecular weight is 862 g/mol. The number of ether oxygens (including phenoxy) is 3. The molecule has 4 aromatic heterocycles. The van der Waals surface area contributed by atoms with Crippen LogP contribution in [0.2, 0.25) is 0 Å². The Morgan fingerprint density at radius 1 is 0.968 bits per heavy atom. The maximum atomic E-state index is 13.0. The molecule has 6 heterocycles. The minimum absolute atomic E-state index is 0.000179. The number of fused-ring (bicyclic) bond motifs is 2. The second-order valence-electron chi connectivity index (χ2n) is 20.2. The molecular formula is C47H59N9O5S. The maximum Gasteiger partial charge on any atom is 0.355 e. The second-order valence-corrected chi connectivity index (χ2v) is 21.2. The molecule has 5 aromatic rings. The zero-order valence-corrected chi connectivity index (χ0v) is 37.7. The third-order valence-electron chi connectivity index (χ3n) is 14.2. The summed E-state index contributed by atoms with van der Waals surface area (Å²) in [7, 11) is 0. The van der Waals surface area contributed by atoms with Gasteiger partial charge in [-0.3, -0.25) is 4.68 Å². The first-order chi connectivity index (χ1) is 29.6. The topological polar surface area (TPSA) is 162 Å². The van der Waals surface area contributed by atoms with Crippen molar-refractivity contribution in [3.8, 4) is 11.1 Å². The zero-order chi connectivity index (χ0) is 43.1. The highest BCUT2D eigenvalue weighted by molar-refractivity contribution is 7.22. The molecule has 0 radical (unpaired) electrons. The van der Waals surface area contributed by atoms with Crippen LogP contribution in [-0.2, 0) is 27.2 Å². The molecule has 3 N–H and O–H groups in total. The molecule has 11 rings (SSSR count). The number of nitrogens with one attached hydrogen (secondary N) is 2. The smallest absolute Gasteiger partial charge is 0.355 e. The minimum atomic E-state index is -1.08. The Labute approximate surface area is 367 Å². The molecule has 5 atom stereocenters. The number of anilines is 4. The Hall–Kier alpha value is -4.54. The number of nitrogens with zero attached hydrogens (tertiary/aromatic N) is 7. The van der Waals surface area contributed by atoms with Gasteiger partial charge in [-0.1, -0.05) is 37.3 Å². The lowest BCUT2D eigenvalue weighted by Crippen LogP contribution is -2.64. The van der Waals surface area contributed by atoms with Crippen molar-refractivity contribution in [1.29, 1.82) is 0 Å². The summed E-state index contributed by atoms with van der Waals surface area (Å²) in [4.78, 5) is 24.5. The fraction of sp³-hybridized carbons (Fsp3) is 0.574. The Morgan fingerprint density at radius 2 is 1.77 bits per heavy atom. The van der Waals surface area contributed by atoms with E-state index in [1.54, 1.807) is 11.3 Å². The highest BCUT2D eigenvalue weighted by atomic mass is 32.1. The molecule has 1 unspecified atom stereocenters. The van der Waals surface area contributed by atoms with Gasteiger partial charge in [-0.15, -0.1) is 10.2 Å². The van der Waals surface area contributed by atoms with Crippen molar-refractivity contribution in [3.63, 3.8) is 0 Å². The summed E-state index contributed by atoms with van der Waals surface area (Å²) in [6.45, 7) is 17.4. The molecule has 62 heavy (non-hydrogen) atoms. The summed E-state index contributed by atoms with van der Waals surface area (Å²) < 4.78 is 21.9. The number of para-hydroxylation sites is 1. The monoisotopic (exact) mass is 861 g/mol. The largest absolute Gasteiger partial charge is 0.476 e. The first-order valence-corrected chi connectivity index (χ1v) is 23.1. The summed E-state index contributed by atoms with van der Waals surface area (Å²) in [6, 6.07) is 11.8. The van der Waals surface area contributed by atoms with E-state index in [0.29, 0.717) is 42.8 Å². The van der Waals surface area contributed by atoms with Crippen molar-refractivity contribution >= 4 is 50.1 Å². The summed E-state index contributed by atoms with van der Waals surface area (Å²) in [5.74, 6) is 0.338. The zero-order valence-electron chi connectivity index (χ0n) is 36.8. The Kier molecular flexibility index (Phi) is 10.2. The second kappa shape index (κ2) is 15.3. The van der Waals surface area contributed by atoms with Crippen LogP contribution in [0.5, 0.6) is 0 Å². The van der Waals surface area contributed by atoms with E-state index in [4.69, 9.17) is 29.3 Å². The molecule has 4 aliphatic carbocycles. The fourth-order valence-electron chi connectivity index (χ4n) is 12.9. The molecule has 4 saturated carbocycles. The number of rotatable bonds is 14. The van der Waals surface area contributed by atoms with Gasteiger partial charge < -0.3 is 34.9 Å². The fourth-order valence-corrected chi connectivity index (χ4v) is 13.8. The number of thiazole rings is 1. The van der Waals surface area contributed by atoms with Crippen molar-refractivity contribution in [1.82, 2.24) is 35.3 Å². The number of benzene rings is 1. The summed E-state index contributed by atoms with van der Waals surface area (Å²) in [5, 5.41) is 32.6. The van der Waals surface area contributed by atoms with E-state index in [1.165, 1.54) is 6.42 Å². The van der Waals surface area contributed by atoms with Crippen LogP contribution in [0.3, 0.4) is 0 Å². The van der Waals surface area contributed by atoms with Gasteiger partial charge in [0.15, 0.2) is 28.2 Å². The molecule has 14 nitrogen and oxygen atoms in total. The summed E-state index contributed by atoms with van der Waals surface area (Å²) >= 11 is 1.58. The predicted molar refractivity (Wildman–Crippen MR) is 240 cm³/mol. The van der Waals surface area contributed by atoms with Gasteiger partial charge >= 0.3 is 5.97 Å². The number of hydrogen-bond acceptors (Lipinski definition) is 13. The third kappa shape index (κ3) is 7.77. The van der Waals surface area contributed by atoms with Crippen molar-refractivity contribution in [2.45, 2.75) is 123 Å². The van der Waals surface area contributed by atoms with E-state index >= 15 is 0 Å². The van der Waals surface area contributed by atoms with Crippen LogP contribution in [0.25, 0.3) is 21.3 Å². The molecule has 15 heteroatoms. The normalized spacial score (nSPS) is 28.5. The van der Waals surface area contributed by atoms with Crippen LogP contribution in [-0.4, -0.2) is 91.4 Å². The first-order valence-electron chi connectivity index (χ1n) is 22.3. The van der Waals surface area contributed by atoms with Crippen molar-refractivity contribution in [2.24, 2.45) is 16.2 Å². The molecule has 6 aliphatic rings. The standard InChI is InChI=1S/C47H59N9O5S/c1-29-32-10-9-18-55(40(32)54-53-39(29)52-42-50-35-11-7-8-12-36(35)62-42)37-14-13-33(38(51-37)41(57)58)34-20-49-56(30(34)2)28-46-23-44(5)22-45(6,24-46)26-47(25-44,27-46)59-19-17-48-16-15-31-21-60-43(3,4)61-31/h7-8,11-14,20,31,48H,9-10,15-19,21-28H2,1-6H3,(H,57,58)(H,50,52,53)/t31-,44-,45+,46?,47-/m0/s1. The Morgan fingerprint density at radius 3 is 2.53 bits per heavy atom. The van der Waals surface area contributed by atoms with Crippen LogP contribution in [0.4, 0.5) is 22.6 Å². The third-order valence-corrected chi connectivity index (χ3v) is 15.1. The molecule has 4 bridgehead atoms. The van der Waals surface area contributed by atoms with Gasteiger partial charge in [-0.25, -0.2) is 14.8 Å². The van der Waals surface area contributed by atoms with Crippen molar-refractivity contribution in [3.05, 3.63) is 65.1 Å². The van der Waals surface area contributed by atoms with Crippen molar-refractivity contribution in [2.75, 3.05) is 43.1 Å². The van der Waals surface area contributed by atoms with Gasteiger partial charge in [0, 0.05) is 47.6 Å². The maximum absolute atomic E-state index is 13.0. The lowest BCUT2D eigenvalue weighted by molar-refractivity contribution is -0.247. The Bertz CT molecular complexity index is 2480. The quantitative estimate of drug-likeness (QED) is 0.0910. The summed E-state index contributed by atoms with van der Waals surface area (Å²) in [6.07, 6.45) is 11.3. The first kappa shape index (κ1) is 41.5. The van der Waals surface area contributed by atoms with Crippen LogP contribution < -0.4 is 15.5 Å². The minimum Gasteiger partial charge on any atom is -0.476 e. The van der Waals surface area contributed by atoms with Crippen LogP contribution in [0.15, 0.2) is 42.6 Å². The van der Waals surface area contributed by atoms with Crippen molar-refractivity contribution < 1.29 is 24.1 Å². The van der Waals surface area contributed by atoms with Crippen LogP contribution in [0.1, 0.15) is 106 Å². The highest BCUT2D eigenvalue weighted by Crippen LogP contribution is 2.72. The van der Waals surface area contributed by atoms with Gasteiger partial charge in [-0.2, -0.15) is 5.10 Å². The molecule has 5 fully saturated rings. The molecule has 0 amide bonds. The molecule has 328 valence electrons. The summed E-state index contributed by atoms with van der Waals surface area (Å²) in [5.41, 5.74) is 5.59. The Balaban J connectivity index is 0.850. The lowest BCUT2D eigenvalue weighted by atomic mass is 9.39. The number of aromatic carboxylic acids is 1. The van der Waals surface area contributed by atoms with Gasteiger partial charge in [0.25, 0.3) is 0 Å². The average Bonchev–Trinajstić information content (AvgIpc) is 3.90.